The number of hydrogen-bond acceptors (Lipinski definition) is 2. The molecule has 1 aromatic rings. The Kier molecular flexibility index (Phi) is 3.86. The van der Waals surface area contributed by atoms with E-state index in [9.17, 15) is 4.79 Å². The zero-order chi connectivity index (χ0) is 13.3. The molecule has 0 amide bonds. The zero-order valence-electron chi connectivity index (χ0n) is 11.9. The molecule has 1 aliphatic carbocycles. The minimum Gasteiger partial charge on any atom is -0.296 e. The molecule has 0 aromatic heterocycles. The normalized spacial score (nSPS) is 15.8. The average molecular weight is 245 g/mol. The van der Waals surface area contributed by atoms with E-state index in [4.69, 9.17) is 0 Å². The van der Waals surface area contributed by atoms with Gasteiger partial charge in [-0.25, -0.2) is 0 Å². The van der Waals surface area contributed by atoms with Gasteiger partial charge in [0, 0.05) is 11.6 Å². The fraction of sp³-hybridized carbons (Fsp3) is 0.562. The van der Waals surface area contributed by atoms with E-state index in [1.807, 2.05) is 13.8 Å². The fourth-order valence-corrected chi connectivity index (χ4v) is 2.88. The van der Waals surface area contributed by atoms with Gasteiger partial charge in [-0.15, -0.1) is 0 Å². The van der Waals surface area contributed by atoms with E-state index in [1.165, 1.54) is 24.8 Å². The van der Waals surface area contributed by atoms with E-state index in [-0.39, 0.29) is 5.78 Å². The van der Waals surface area contributed by atoms with Crippen LogP contribution in [0.4, 0.5) is 0 Å². The maximum atomic E-state index is 12.4. The first kappa shape index (κ1) is 13.3. The summed E-state index contributed by atoms with van der Waals surface area (Å²) < 4.78 is 0. The lowest BCUT2D eigenvalue weighted by Crippen LogP contribution is -2.40. The third-order valence-electron chi connectivity index (χ3n) is 4.05. The number of carbonyl (C=O) groups is 1. The van der Waals surface area contributed by atoms with Gasteiger partial charge < -0.3 is 0 Å². The Bertz CT molecular complexity index is 437. The molecular weight excluding hydrogens is 222 g/mol. The fourth-order valence-electron chi connectivity index (χ4n) is 2.88. The zero-order valence-corrected chi connectivity index (χ0v) is 11.9. The van der Waals surface area contributed by atoms with Crippen molar-refractivity contribution in [3.63, 3.8) is 0 Å². The molecule has 0 radical (unpaired) electrons. The Morgan fingerprint density at radius 3 is 2.22 bits per heavy atom. The van der Waals surface area contributed by atoms with Gasteiger partial charge in [0.1, 0.15) is 0 Å². The first-order valence-electron chi connectivity index (χ1n) is 6.80. The number of aryl methyl sites for hydroxylation is 3. The molecule has 0 aliphatic heterocycles. The Labute approximate surface area is 110 Å². The van der Waals surface area contributed by atoms with E-state index in [0.29, 0.717) is 12.6 Å². The second-order valence-corrected chi connectivity index (χ2v) is 5.70. The molecule has 1 fully saturated rings. The predicted molar refractivity (Wildman–Crippen MR) is 75.3 cm³/mol. The van der Waals surface area contributed by atoms with Crippen molar-refractivity contribution in [2.75, 3.05) is 13.6 Å². The summed E-state index contributed by atoms with van der Waals surface area (Å²) in [5, 5.41) is 0. The summed E-state index contributed by atoms with van der Waals surface area (Å²) in [5.41, 5.74) is 4.37. The van der Waals surface area contributed by atoms with Gasteiger partial charge in [-0.1, -0.05) is 24.1 Å². The van der Waals surface area contributed by atoms with Gasteiger partial charge in [-0.3, -0.25) is 9.69 Å². The predicted octanol–water partition coefficient (Wildman–Crippen LogP) is 3.28. The standard InChI is InChI=1S/C16H23NO/c1-11-8-12(2)16(13(3)9-11)15(18)10-17(4)14-6-5-7-14/h8-9,14H,5-7,10H2,1-4H3. The monoisotopic (exact) mass is 245 g/mol. The number of ketones is 1. The number of likely N-dealkylation sites (N-methyl/N-ethyl adjacent to an activating group) is 1. The number of hydrogen-bond donors (Lipinski definition) is 0. The molecule has 2 nitrogen and oxygen atoms in total. The molecule has 0 atom stereocenters. The number of rotatable bonds is 4. The maximum Gasteiger partial charge on any atom is 0.177 e. The van der Waals surface area contributed by atoms with E-state index in [1.54, 1.807) is 0 Å². The molecule has 1 aromatic carbocycles. The third kappa shape index (κ3) is 2.64. The number of nitrogens with zero attached hydrogens (tertiary/aromatic N) is 1. The average Bonchev–Trinajstić information content (AvgIpc) is 2.11. The van der Waals surface area contributed by atoms with Crippen LogP contribution in [0, 0.1) is 20.8 Å². The van der Waals surface area contributed by atoms with Crippen LogP contribution in [0.1, 0.15) is 46.3 Å². The summed E-state index contributed by atoms with van der Waals surface area (Å²) in [5.74, 6) is 0.263. The summed E-state index contributed by atoms with van der Waals surface area (Å²) in [6, 6.07) is 4.83. The Morgan fingerprint density at radius 1 is 1.22 bits per heavy atom. The molecule has 0 heterocycles. The van der Waals surface area contributed by atoms with Gasteiger partial charge in [0.15, 0.2) is 5.78 Å². The van der Waals surface area contributed by atoms with Crippen LogP contribution in [0.15, 0.2) is 12.1 Å². The summed E-state index contributed by atoms with van der Waals surface area (Å²) in [6.45, 7) is 6.71. The Morgan fingerprint density at radius 2 is 1.78 bits per heavy atom. The van der Waals surface area contributed by atoms with Gasteiger partial charge in [0.05, 0.1) is 6.54 Å². The highest BCUT2D eigenvalue weighted by atomic mass is 16.1. The minimum atomic E-state index is 0.263. The summed E-state index contributed by atoms with van der Waals surface area (Å²) in [7, 11) is 2.07. The minimum absolute atomic E-state index is 0.263. The molecule has 0 bridgehead atoms. The van der Waals surface area contributed by atoms with Crippen LogP contribution in [0.5, 0.6) is 0 Å². The maximum absolute atomic E-state index is 12.4. The van der Waals surface area contributed by atoms with Crippen molar-refractivity contribution in [3.05, 3.63) is 34.4 Å². The van der Waals surface area contributed by atoms with Crippen LogP contribution >= 0.6 is 0 Å². The molecule has 1 aliphatic rings. The highest BCUT2D eigenvalue weighted by molar-refractivity contribution is 6.00. The van der Waals surface area contributed by atoms with Gasteiger partial charge in [-0.05, 0) is 51.8 Å². The van der Waals surface area contributed by atoms with Gasteiger partial charge >= 0.3 is 0 Å². The van der Waals surface area contributed by atoms with Crippen molar-refractivity contribution >= 4 is 5.78 Å². The van der Waals surface area contributed by atoms with E-state index < -0.39 is 0 Å². The van der Waals surface area contributed by atoms with Crippen LogP contribution in [0.2, 0.25) is 0 Å². The first-order chi connectivity index (χ1) is 8.49. The molecule has 98 valence electrons. The topological polar surface area (TPSA) is 20.3 Å². The van der Waals surface area contributed by atoms with E-state index in [2.05, 4.69) is 31.0 Å². The third-order valence-corrected chi connectivity index (χ3v) is 4.05. The second kappa shape index (κ2) is 5.23. The number of carbonyl (C=O) groups excluding carboxylic acids is 1. The molecule has 0 saturated heterocycles. The molecule has 0 spiro atoms. The van der Waals surface area contributed by atoms with Crippen molar-refractivity contribution < 1.29 is 4.79 Å². The van der Waals surface area contributed by atoms with Crippen LogP contribution in [0.25, 0.3) is 0 Å². The van der Waals surface area contributed by atoms with Crippen molar-refractivity contribution in [2.45, 2.75) is 46.1 Å². The van der Waals surface area contributed by atoms with E-state index >= 15 is 0 Å². The lowest BCUT2D eigenvalue weighted by Gasteiger charge is -2.34. The van der Waals surface area contributed by atoms with Crippen LogP contribution in [0.3, 0.4) is 0 Å². The Hall–Kier alpha value is -1.15. The number of benzene rings is 1. The Balaban J connectivity index is 2.13. The van der Waals surface area contributed by atoms with Crippen LogP contribution in [-0.2, 0) is 0 Å². The highest BCUT2D eigenvalue weighted by Crippen LogP contribution is 2.24. The molecule has 0 N–H and O–H groups in total. The van der Waals surface area contributed by atoms with Crippen molar-refractivity contribution in [3.8, 4) is 0 Å². The molecule has 18 heavy (non-hydrogen) atoms. The lowest BCUT2D eigenvalue weighted by atomic mass is 9.91. The van der Waals surface area contributed by atoms with Crippen molar-refractivity contribution in [2.24, 2.45) is 0 Å². The number of Topliss-reactive ketones (excluding diaryl/α,β-unsaturated/α-hetero) is 1. The van der Waals surface area contributed by atoms with Crippen LogP contribution in [-0.4, -0.2) is 30.3 Å². The van der Waals surface area contributed by atoms with Crippen molar-refractivity contribution in [1.82, 2.24) is 4.90 Å². The largest absolute Gasteiger partial charge is 0.296 e. The van der Waals surface area contributed by atoms with E-state index in [0.717, 1.165) is 16.7 Å². The summed E-state index contributed by atoms with van der Waals surface area (Å²) in [6.07, 6.45) is 3.80. The molecule has 2 rings (SSSR count). The molecule has 2 heteroatoms. The quantitative estimate of drug-likeness (QED) is 0.759. The molecule has 1 saturated carbocycles. The van der Waals surface area contributed by atoms with Crippen molar-refractivity contribution in [1.29, 1.82) is 0 Å². The van der Waals surface area contributed by atoms with Gasteiger partial charge in [0.2, 0.25) is 0 Å². The highest BCUT2D eigenvalue weighted by Gasteiger charge is 2.24. The van der Waals surface area contributed by atoms with Gasteiger partial charge in [-0.2, -0.15) is 0 Å². The lowest BCUT2D eigenvalue weighted by molar-refractivity contribution is 0.0869. The first-order valence-corrected chi connectivity index (χ1v) is 6.80. The summed E-state index contributed by atoms with van der Waals surface area (Å²) in [4.78, 5) is 14.6. The molecular formula is C16H23NO. The SMILES string of the molecule is Cc1cc(C)c(C(=O)CN(C)C2CCC2)c(C)c1. The molecule has 0 unspecified atom stereocenters. The second-order valence-electron chi connectivity index (χ2n) is 5.70. The van der Waals surface area contributed by atoms with Crippen LogP contribution < -0.4 is 0 Å². The smallest absolute Gasteiger partial charge is 0.177 e. The summed E-state index contributed by atoms with van der Waals surface area (Å²) >= 11 is 0. The van der Waals surface area contributed by atoms with Gasteiger partial charge in [0.25, 0.3) is 0 Å².